The zero-order valence-electron chi connectivity index (χ0n) is 15.6. The van der Waals surface area contributed by atoms with Gasteiger partial charge in [0.05, 0.1) is 4.91 Å². The van der Waals surface area contributed by atoms with Crippen molar-refractivity contribution in [2.45, 2.75) is 12.8 Å². The zero-order chi connectivity index (χ0) is 20.6. The summed E-state index contributed by atoms with van der Waals surface area (Å²) < 4.78 is 0.508. The van der Waals surface area contributed by atoms with E-state index in [0.717, 1.165) is 5.56 Å². The number of nitrogens with one attached hydrogen (secondary N) is 1. The summed E-state index contributed by atoms with van der Waals surface area (Å²) in [7, 11) is 0. The number of benzene rings is 2. The molecule has 29 heavy (non-hydrogen) atoms. The molecule has 2 N–H and O–H groups in total. The van der Waals surface area contributed by atoms with Gasteiger partial charge in [0.2, 0.25) is 5.91 Å². The summed E-state index contributed by atoms with van der Waals surface area (Å²) in [6.45, 7) is 0.396. The van der Waals surface area contributed by atoms with Gasteiger partial charge in [0.25, 0.3) is 5.91 Å². The first kappa shape index (κ1) is 20.8. The Labute approximate surface area is 179 Å². The predicted octanol–water partition coefficient (Wildman–Crippen LogP) is 4.57. The highest BCUT2D eigenvalue weighted by molar-refractivity contribution is 8.26. The van der Waals surface area contributed by atoms with Crippen molar-refractivity contribution >= 4 is 51.9 Å². The molecule has 2 aromatic rings. The lowest BCUT2D eigenvalue weighted by Crippen LogP contribution is -2.29. The molecule has 1 aliphatic rings. The summed E-state index contributed by atoms with van der Waals surface area (Å²) in [5.41, 5.74) is 1.67. The number of carbonyl (C=O) groups is 2. The molecule has 0 aromatic heterocycles. The van der Waals surface area contributed by atoms with Crippen molar-refractivity contribution in [3.05, 3.63) is 77.2 Å². The predicted molar refractivity (Wildman–Crippen MR) is 121 cm³/mol. The number of phenolic OH excluding ortho intramolecular Hbond substituents is 1. The number of thiocarbonyl (C=S) groups is 1. The summed E-state index contributed by atoms with van der Waals surface area (Å²) in [6, 6.07) is 16.1. The van der Waals surface area contributed by atoms with Crippen LogP contribution in [0.3, 0.4) is 0 Å². The van der Waals surface area contributed by atoms with Crippen LogP contribution in [0.4, 0.5) is 5.69 Å². The number of carbonyl (C=O) groups excluding carboxylic acids is 2. The topological polar surface area (TPSA) is 69.6 Å². The second-order valence-corrected chi connectivity index (χ2v) is 8.00. The fraction of sp³-hybridized carbons (Fsp3) is 0.136. The number of amides is 2. The Morgan fingerprint density at radius 2 is 1.86 bits per heavy atom. The number of thioether (sulfide) groups is 1. The molecule has 148 valence electrons. The normalized spacial score (nSPS) is 15.4. The van der Waals surface area contributed by atoms with Crippen molar-refractivity contribution in [2.24, 2.45) is 0 Å². The van der Waals surface area contributed by atoms with Gasteiger partial charge in [0.15, 0.2) is 0 Å². The van der Waals surface area contributed by atoms with Gasteiger partial charge in [-0.3, -0.25) is 14.5 Å². The van der Waals surface area contributed by atoms with Gasteiger partial charge in [-0.1, -0.05) is 66.5 Å². The molecule has 5 nitrogen and oxygen atoms in total. The van der Waals surface area contributed by atoms with Crippen molar-refractivity contribution in [3.63, 3.8) is 0 Å². The number of anilines is 1. The first-order valence-electron chi connectivity index (χ1n) is 9.09. The maximum atomic E-state index is 12.5. The minimum atomic E-state index is -0.150. The highest BCUT2D eigenvalue weighted by Gasteiger charge is 2.31. The van der Waals surface area contributed by atoms with Gasteiger partial charge in [0.1, 0.15) is 10.1 Å². The monoisotopic (exact) mass is 424 g/mol. The smallest absolute Gasteiger partial charge is 0.266 e. The summed E-state index contributed by atoms with van der Waals surface area (Å²) in [6.07, 6.45) is 6.31. The third-order valence-corrected chi connectivity index (χ3v) is 5.54. The van der Waals surface area contributed by atoms with Gasteiger partial charge in [-0.05, 0) is 42.3 Å². The van der Waals surface area contributed by atoms with Crippen LogP contribution in [0, 0.1) is 0 Å². The van der Waals surface area contributed by atoms with E-state index < -0.39 is 0 Å². The summed E-state index contributed by atoms with van der Waals surface area (Å²) in [5, 5.41) is 12.0. The van der Waals surface area contributed by atoms with Crippen LogP contribution in [-0.4, -0.2) is 32.7 Å². The maximum absolute atomic E-state index is 12.5. The zero-order valence-corrected chi connectivity index (χ0v) is 17.2. The highest BCUT2D eigenvalue weighted by atomic mass is 32.2. The molecule has 2 aromatic carbocycles. The van der Waals surface area contributed by atoms with Crippen molar-refractivity contribution < 1.29 is 14.7 Å². The van der Waals surface area contributed by atoms with Crippen LogP contribution in [0.25, 0.3) is 6.08 Å². The molecule has 7 heteroatoms. The molecule has 1 aliphatic heterocycles. The molecule has 0 unspecified atom stereocenters. The Kier molecular flexibility index (Phi) is 7.21. The van der Waals surface area contributed by atoms with E-state index in [-0.39, 0.29) is 24.0 Å². The van der Waals surface area contributed by atoms with Crippen LogP contribution in [0.15, 0.2) is 71.7 Å². The highest BCUT2D eigenvalue weighted by Crippen LogP contribution is 2.31. The number of rotatable bonds is 7. The molecule has 1 fully saturated rings. The van der Waals surface area contributed by atoms with Crippen molar-refractivity contribution in [3.8, 4) is 5.75 Å². The molecule has 1 heterocycles. The van der Waals surface area contributed by atoms with E-state index >= 15 is 0 Å². The number of aromatic hydroxyl groups is 1. The first-order chi connectivity index (χ1) is 14.0. The van der Waals surface area contributed by atoms with Gasteiger partial charge in [-0.2, -0.15) is 0 Å². The Hall–Kier alpha value is -2.90. The largest absolute Gasteiger partial charge is 0.508 e. The van der Waals surface area contributed by atoms with Gasteiger partial charge in [-0.25, -0.2) is 0 Å². The fourth-order valence-electron chi connectivity index (χ4n) is 2.68. The van der Waals surface area contributed by atoms with E-state index in [4.69, 9.17) is 12.2 Å². The second kappa shape index (κ2) is 10.0. The van der Waals surface area contributed by atoms with Crippen LogP contribution in [0.5, 0.6) is 5.75 Å². The lowest BCUT2D eigenvalue weighted by atomic mass is 10.2. The maximum Gasteiger partial charge on any atom is 0.266 e. The molecule has 1 saturated heterocycles. The van der Waals surface area contributed by atoms with E-state index in [9.17, 15) is 14.7 Å². The van der Waals surface area contributed by atoms with Crippen LogP contribution in [0.2, 0.25) is 0 Å². The van der Waals surface area contributed by atoms with Crippen LogP contribution in [0.1, 0.15) is 18.4 Å². The average molecular weight is 425 g/mol. The summed E-state index contributed by atoms with van der Waals surface area (Å²) in [5.74, 6) is -0.136. The van der Waals surface area contributed by atoms with E-state index in [0.29, 0.717) is 27.9 Å². The van der Waals surface area contributed by atoms with Crippen molar-refractivity contribution in [1.29, 1.82) is 0 Å². The molecule has 3 rings (SSSR count). The number of allylic oxidation sites excluding steroid dienone is 2. The lowest BCUT2D eigenvalue weighted by molar-refractivity contribution is -0.122. The molecule has 0 saturated carbocycles. The van der Waals surface area contributed by atoms with E-state index in [1.54, 1.807) is 18.2 Å². The van der Waals surface area contributed by atoms with Gasteiger partial charge >= 0.3 is 0 Å². The SMILES string of the molecule is O=C(CCCN1C(=O)/C(=C/C=C/c2ccccc2)SC1=S)Nc1ccc(O)cc1. The number of hydrogen-bond acceptors (Lipinski definition) is 5. The minimum absolute atomic E-state index is 0.128. The Bertz CT molecular complexity index is 954. The average Bonchev–Trinajstić information content (AvgIpc) is 2.98. The van der Waals surface area contributed by atoms with Crippen LogP contribution < -0.4 is 5.32 Å². The Balaban J connectivity index is 1.48. The summed E-state index contributed by atoms with van der Waals surface area (Å²) >= 11 is 6.59. The van der Waals surface area contributed by atoms with Crippen LogP contribution in [-0.2, 0) is 9.59 Å². The van der Waals surface area contributed by atoms with Crippen LogP contribution >= 0.6 is 24.0 Å². The Morgan fingerprint density at radius 3 is 2.59 bits per heavy atom. The standard InChI is InChI=1S/C22H20N2O3S2/c25-18-13-11-17(12-14-18)23-20(26)10-5-15-24-21(27)19(29-22(24)28)9-4-8-16-6-2-1-3-7-16/h1-4,6-9,11-14,25H,5,10,15H2,(H,23,26)/b8-4+,19-9-. The third-order valence-electron chi connectivity index (χ3n) is 4.15. The number of phenols is 1. The second-order valence-electron chi connectivity index (χ2n) is 6.32. The molecule has 0 spiro atoms. The van der Waals surface area contributed by atoms with Crippen molar-refractivity contribution in [2.75, 3.05) is 11.9 Å². The van der Waals surface area contributed by atoms with Gasteiger partial charge < -0.3 is 10.4 Å². The quantitative estimate of drug-likeness (QED) is 0.387. The van der Waals surface area contributed by atoms with E-state index in [1.165, 1.54) is 28.8 Å². The number of nitrogens with zero attached hydrogens (tertiary/aromatic N) is 1. The lowest BCUT2D eigenvalue weighted by Gasteiger charge is -2.14. The molecule has 2 amide bonds. The summed E-state index contributed by atoms with van der Waals surface area (Å²) in [4.78, 5) is 26.7. The molecular weight excluding hydrogens is 404 g/mol. The molecule has 0 radical (unpaired) electrons. The molecule has 0 aliphatic carbocycles. The van der Waals surface area contributed by atoms with Gasteiger partial charge in [-0.15, -0.1) is 0 Å². The third kappa shape index (κ3) is 6.04. The van der Waals surface area contributed by atoms with Crippen molar-refractivity contribution in [1.82, 2.24) is 4.90 Å². The van der Waals surface area contributed by atoms with E-state index in [1.807, 2.05) is 42.5 Å². The molecular formula is C22H20N2O3S2. The first-order valence-corrected chi connectivity index (χ1v) is 10.3. The molecule has 0 bridgehead atoms. The fourth-order valence-corrected chi connectivity index (χ4v) is 3.94. The molecule has 0 atom stereocenters. The minimum Gasteiger partial charge on any atom is -0.508 e. The Morgan fingerprint density at radius 1 is 1.14 bits per heavy atom. The van der Waals surface area contributed by atoms with E-state index in [2.05, 4.69) is 5.32 Å². The number of hydrogen-bond donors (Lipinski definition) is 2. The van der Waals surface area contributed by atoms with Gasteiger partial charge in [0, 0.05) is 18.7 Å².